The Morgan fingerprint density at radius 1 is 1.54 bits per heavy atom. The van der Waals surface area contributed by atoms with Gasteiger partial charge in [0.1, 0.15) is 0 Å². The summed E-state index contributed by atoms with van der Waals surface area (Å²) in [5.41, 5.74) is 0.606. The summed E-state index contributed by atoms with van der Waals surface area (Å²) < 4.78 is 6.86. The maximum atomic E-state index is 11.3. The Balaban J connectivity index is 2.94. The van der Waals surface area contributed by atoms with Gasteiger partial charge in [-0.1, -0.05) is 15.9 Å². The number of hydrogen-bond donors (Lipinski definition) is 0. The van der Waals surface area contributed by atoms with Crippen molar-refractivity contribution < 1.29 is 9.53 Å². The Morgan fingerprint density at radius 2 is 2.23 bits per heavy atom. The van der Waals surface area contributed by atoms with Crippen molar-refractivity contribution in [2.45, 2.75) is 0 Å². The molecule has 13 heavy (non-hydrogen) atoms. The maximum absolute atomic E-state index is 11.3. The van der Waals surface area contributed by atoms with Gasteiger partial charge in [0.25, 0.3) is 0 Å². The van der Waals surface area contributed by atoms with Crippen LogP contribution in [0.25, 0.3) is 0 Å². The molecule has 0 radical (unpaired) electrons. The van der Waals surface area contributed by atoms with Gasteiger partial charge in [-0.3, -0.25) is 0 Å². The van der Waals surface area contributed by atoms with Gasteiger partial charge in [0.15, 0.2) is 0 Å². The summed E-state index contributed by atoms with van der Waals surface area (Å²) in [6.07, 6.45) is 0.544. The van der Waals surface area contributed by atoms with Gasteiger partial charge in [-0.2, -0.15) is 0 Å². The first-order valence-corrected chi connectivity index (χ1v) is 7.05. The molecule has 0 aliphatic rings. The lowest BCUT2D eigenvalue weighted by atomic mass is 10.2. The maximum Gasteiger partial charge on any atom is 0.337 e. The van der Waals surface area contributed by atoms with Gasteiger partial charge in [-0.25, -0.2) is 4.79 Å². The normalized spacial score (nSPS) is 10.0. The zero-order chi connectivity index (χ0) is 9.84. The Hall–Kier alpha value is 0.117. The average Bonchev–Trinajstić information content (AvgIpc) is 2.03. The molecule has 0 unspecified atom stereocenters. The summed E-state index contributed by atoms with van der Waals surface area (Å²) in [5.74, 6) is -0.241. The molecule has 0 fully saturated rings. The highest BCUT2D eigenvalue weighted by molar-refractivity contribution is 14.1. The summed E-state index contributed by atoms with van der Waals surface area (Å²) >= 11 is 5.49. The number of esters is 1. The van der Waals surface area contributed by atoms with Crippen LogP contribution in [0, 0.1) is 3.57 Å². The molecule has 0 N–H and O–H groups in total. The van der Waals surface area contributed by atoms with Gasteiger partial charge in [0.2, 0.25) is 0 Å². The van der Waals surface area contributed by atoms with E-state index >= 15 is 0 Å². The Morgan fingerprint density at radius 3 is 2.77 bits per heavy atom. The molecule has 0 bridgehead atoms. The second-order valence-electron chi connectivity index (χ2n) is 2.38. The summed E-state index contributed by atoms with van der Waals surface area (Å²) in [6, 6.07) is 5.52. The van der Waals surface area contributed by atoms with Crippen molar-refractivity contribution in [2.75, 3.05) is 6.23 Å². The Labute approximate surface area is 102 Å². The van der Waals surface area contributed by atoms with Gasteiger partial charge in [-0.15, -0.1) is 0 Å². The van der Waals surface area contributed by atoms with E-state index in [4.69, 9.17) is 4.74 Å². The van der Waals surface area contributed by atoms with Crippen LogP contribution in [-0.4, -0.2) is 22.4 Å². The molecule has 0 saturated carbocycles. The van der Waals surface area contributed by atoms with Crippen molar-refractivity contribution in [1.29, 1.82) is 0 Å². The summed E-state index contributed by atoms with van der Waals surface area (Å²) in [5, 5.41) is 0. The molecule has 0 aromatic heterocycles. The van der Waals surface area contributed by atoms with Crippen LogP contribution >= 0.6 is 38.5 Å². The van der Waals surface area contributed by atoms with Gasteiger partial charge < -0.3 is 4.74 Å². The third-order valence-electron chi connectivity index (χ3n) is 1.37. The van der Waals surface area contributed by atoms with Crippen LogP contribution in [0.5, 0.6) is 0 Å². The molecule has 70 valence electrons. The van der Waals surface area contributed by atoms with Crippen molar-refractivity contribution in [3.63, 3.8) is 0 Å². The Bertz CT molecular complexity index is 310. The largest absolute Gasteiger partial charge is 0.467 e. The molecule has 0 spiro atoms. The number of halogens is 2. The number of carbonyl (C=O) groups excluding carboxylic acids is 1. The van der Waals surface area contributed by atoms with Crippen LogP contribution in [0.3, 0.4) is 0 Å². The zero-order valence-corrected chi connectivity index (χ0v) is 12.8. The van der Waals surface area contributed by atoms with E-state index in [1.807, 2.05) is 12.1 Å². The molecule has 0 heterocycles. The number of rotatable bonds is 2. The Kier molecular flexibility index (Phi) is 4.40. The highest BCUT2D eigenvalue weighted by atomic mass is 127. The molecule has 0 saturated heterocycles. The van der Waals surface area contributed by atoms with Crippen molar-refractivity contribution in [1.82, 2.24) is 0 Å². The molecule has 1 aromatic carbocycles. The van der Waals surface area contributed by atoms with Gasteiger partial charge in [0, 0.05) is 8.04 Å². The minimum atomic E-state index is -0.241. The number of ether oxygens (including phenoxy) is 1. The first-order chi connectivity index (χ1) is 6.13. The van der Waals surface area contributed by atoms with Gasteiger partial charge in [0.05, 0.1) is 22.0 Å². The molecule has 0 atom stereocenters. The second-order valence-corrected chi connectivity index (χ2v) is 5.12. The monoisotopic (exact) mass is 370 g/mol. The molecular formula is C8H8BrIO2Si. The molecule has 0 amide bonds. The summed E-state index contributed by atoms with van der Waals surface area (Å²) in [4.78, 5) is 11.3. The van der Waals surface area contributed by atoms with Crippen molar-refractivity contribution in [3.05, 3.63) is 31.8 Å². The molecule has 1 rings (SSSR count). The van der Waals surface area contributed by atoms with Crippen LogP contribution in [0.1, 0.15) is 10.4 Å². The summed E-state index contributed by atoms with van der Waals surface area (Å²) in [6.45, 7) is 0. The first kappa shape index (κ1) is 11.2. The number of benzene rings is 1. The predicted molar refractivity (Wildman–Crippen MR) is 67.1 cm³/mol. The van der Waals surface area contributed by atoms with E-state index in [9.17, 15) is 4.79 Å². The SMILES string of the molecule is O=C(OC[SiH3])c1cc(Br)cc(I)c1. The van der Waals surface area contributed by atoms with E-state index < -0.39 is 0 Å². The molecule has 1 aromatic rings. The lowest BCUT2D eigenvalue weighted by Gasteiger charge is -2.02. The summed E-state index contributed by atoms with van der Waals surface area (Å²) in [7, 11) is 0.878. The van der Waals surface area contributed by atoms with Crippen LogP contribution in [-0.2, 0) is 4.74 Å². The van der Waals surface area contributed by atoms with E-state index in [0.717, 1.165) is 18.3 Å². The number of carbonyl (C=O) groups is 1. The van der Waals surface area contributed by atoms with Crippen molar-refractivity contribution in [2.24, 2.45) is 0 Å². The van der Waals surface area contributed by atoms with Crippen molar-refractivity contribution >= 4 is 54.7 Å². The van der Waals surface area contributed by atoms with Gasteiger partial charge in [-0.05, 0) is 40.8 Å². The predicted octanol–water partition coefficient (Wildman–Crippen LogP) is 1.53. The smallest absolute Gasteiger partial charge is 0.337 e. The third kappa shape index (κ3) is 3.39. The van der Waals surface area contributed by atoms with Crippen LogP contribution in [0.15, 0.2) is 22.7 Å². The number of hydrogen-bond acceptors (Lipinski definition) is 2. The third-order valence-corrected chi connectivity index (χ3v) is 2.74. The molecule has 2 nitrogen and oxygen atoms in total. The first-order valence-electron chi connectivity index (χ1n) is 3.76. The fourth-order valence-electron chi connectivity index (χ4n) is 0.886. The fraction of sp³-hybridized carbons (Fsp3) is 0.125. The topological polar surface area (TPSA) is 26.3 Å². The van der Waals surface area contributed by atoms with Crippen LogP contribution in [0.4, 0.5) is 0 Å². The lowest BCUT2D eigenvalue weighted by Crippen LogP contribution is -2.06. The van der Waals surface area contributed by atoms with Crippen LogP contribution < -0.4 is 0 Å². The minimum absolute atomic E-state index is 0.241. The highest BCUT2D eigenvalue weighted by Gasteiger charge is 2.07. The van der Waals surface area contributed by atoms with Crippen LogP contribution in [0.2, 0.25) is 0 Å². The zero-order valence-electron chi connectivity index (χ0n) is 7.01. The van der Waals surface area contributed by atoms with Crippen molar-refractivity contribution in [3.8, 4) is 0 Å². The van der Waals surface area contributed by atoms with E-state index in [2.05, 4.69) is 38.5 Å². The fourth-order valence-corrected chi connectivity index (χ4v) is 2.74. The minimum Gasteiger partial charge on any atom is -0.467 e. The molecule has 0 aliphatic carbocycles. The lowest BCUT2D eigenvalue weighted by molar-refractivity contribution is 0.0573. The molecule has 0 aliphatic heterocycles. The van der Waals surface area contributed by atoms with E-state index in [0.29, 0.717) is 11.8 Å². The van der Waals surface area contributed by atoms with Gasteiger partial charge >= 0.3 is 5.97 Å². The quantitative estimate of drug-likeness (QED) is 0.448. The van der Waals surface area contributed by atoms with E-state index in [1.165, 1.54) is 0 Å². The molecule has 5 heteroatoms. The standard InChI is InChI=1S/C8H8BrIO2Si/c9-6-1-5(2-7(10)3-6)8(11)12-4-13/h1-3H,4H2,13H3. The molecular weight excluding hydrogens is 363 g/mol. The highest BCUT2D eigenvalue weighted by Crippen LogP contribution is 2.17. The second kappa shape index (κ2) is 5.11. The van der Waals surface area contributed by atoms with E-state index in [-0.39, 0.29) is 5.97 Å². The average molecular weight is 371 g/mol. The van der Waals surface area contributed by atoms with E-state index in [1.54, 1.807) is 6.07 Å².